The average Bonchev–Trinajstić information content (AvgIpc) is 2.69. The van der Waals surface area contributed by atoms with E-state index in [1.807, 2.05) is 0 Å². The second-order valence-electron chi connectivity index (χ2n) is 5.89. The molecule has 0 aliphatic heterocycles. The number of rotatable bonds is 2. The lowest BCUT2D eigenvalue weighted by Crippen LogP contribution is -2.49. The molecule has 0 fully saturated rings. The van der Waals surface area contributed by atoms with Gasteiger partial charge in [-0.1, -0.05) is 12.1 Å². The van der Waals surface area contributed by atoms with E-state index in [4.69, 9.17) is 10.00 Å². The summed E-state index contributed by atoms with van der Waals surface area (Å²) in [6.45, 7) is 0. The summed E-state index contributed by atoms with van der Waals surface area (Å²) in [5, 5.41) is 28.1. The summed E-state index contributed by atoms with van der Waals surface area (Å²) in [7, 11) is 0. The van der Waals surface area contributed by atoms with Gasteiger partial charge in [-0.15, -0.1) is 0 Å². The molecule has 0 saturated heterocycles. The van der Waals surface area contributed by atoms with Crippen LogP contribution >= 0.6 is 0 Å². The van der Waals surface area contributed by atoms with Crippen molar-refractivity contribution < 1.29 is 45.7 Å². The first kappa shape index (κ1) is 19.9. The predicted molar refractivity (Wildman–Crippen MR) is 77.6 cm³/mol. The highest BCUT2D eigenvalue weighted by molar-refractivity contribution is 5.57. The molecule has 2 aromatic carbocycles. The van der Waals surface area contributed by atoms with Crippen LogP contribution in [0.4, 0.5) is 30.7 Å². The Bertz CT molecular complexity index is 993. The third kappa shape index (κ3) is 2.52. The number of halogens is 7. The zero-order valence-electron chi connectivity index (χ0n) is 13.4. The molecular formula is C17H8F7NO3. The Hall–Kier alpha value is -2.84. The lowest BCUT2D eigenvalue weighted by atomic mass is 9.97. The Kier molecular flexibility index (Phi) is 4.14. The Morgan fingerprint density at radius 1 is 0.929 bits per heavy atom. The van der Waals surface area contributed by atoms with Crippen LogP contribution in [0, 0.1) is 11.3 Å². The fourth-order valence-corrected chi connectivity index (χ4v) is 2.89. The Balaban J connectivity index is 2.32. The van der Waals surface area contributed by atoms with Crippen molar-refractivity contribution in [3.8, 4) is 17.6 Å². The molecule has 0 bridgehead atoms. The number of benzene rings is 2. The van der Waals surface area contributed by atoms with Crippen molar-refractivity contribution in [2.75, 3.05) is 0 Å². The number of nitrogens with zero attached hydrogens (tertiary/aromatic N) is 1. The topological polar surface area (TPSA) is 73.5 Å². The molecule has 2 N–H and O–H groups in total. The van der Waals surface area contributed by atoms with Gasteiger partial charge in [0.25, 0.3) is 5.79 Å². The molecule has 28 heavy (non-hydrogen) atoms. The van der Waals surface area contributed by atoms with Gasteiger partial charge in [0.1, 0.15) is 23.1 Å². The molecule has 0 unspecified atom stereocenters. The van der Waals surface area contributed by atoms with Crippen LogP contribution < -0.4 is 4.74 Å². The van der Waals surface area contributed by atoms with E-state index in [0.29, 0.717) is 6.07 Å². The van der Waals surface area contributed by atoms with Crippen molar-refractivity contribution in [3.05, 3.63) is 58.7 Å². The molecule has 4 nitrogen and oxygen atoms in total. The molecule has 1 aliphatic carbocycles. The van der Waals surface area contributed by atoms with Gasteiger partial charge in [0, 0.05) is 11.1 Å². The maximum Gasteiger partial charge on any atom is 0.420 e. The van der Waals surface area contributed by atoms with Crippen LogP contribution in [0.5, 0.6) is 11.5 Å². The first-order chi connectivity index (χ1) is 12.8. The number of fused-ring (bicyclic) bond motifs is 1. The maximum absolute atomic E-state index is 13.9. The molecule has 0 heterocycles. The lowest BCUT2D eigenvalue weighted by molar-refractivity contribution is -0.358. The highest BCUT2D eigenvalue weighted by Gasteiger charge is 2.78. The molecule has 0 radical (unpaired) electrons. The standard InChI is InChI=1S/C17H8F7NO3/c18-14(19)9-5-6-11(28-10-4-2-1-3-8(10)7-25)13(16(20,21)22)12(9)15(26,27)17(14,23)24/h1-6,26-27H. The number of ether oxygens (including phenoxy) is 1. The van der Waals surface area contributed by atoms with E-state index in [9.17, 15) is 40.9 Å². The molecule has 1 aliphatic rings. The van der Waals surface area contributed by atoms with Crippen molar-refractivity contribution >= 4 is 0 Å². The molecule has 0 atom stereocenters. The maximum atomic E-state index is 13.9. The average molecular weight is 407 g/mol. The van der Waals surface area contributed by atoms with Crippen molar-refractivity contribution in [3.63, 3.8) is 0 Å². The van der Waals surface area contributed by atoms with Crippen molar-refractivity contribution in [1.82, 2.24) is 0 Å². The molecule has 148 valence electrons. The van der Waals surface area contributed by atoms with Gasteiger partial charge in [-0.2, -0.15) is 36.0 Å². The fraction of sp³-hybridized carbons (Fsp3) is 0.235. The van der Waals surface area contributed by atoms with Gasteiger partial charge >= 0.3 is 18.0 Å². The van der Waals surface area contributed by atoms with Gasteiger partial charge in [-0.05, 0) is 24.3 Å². The summed E-state index contributed by atoms with van der Waals surface area (Å²) in [4.78, 5) is 0. The third-order valence-electron chi connectivity index (χ3n) is 4.20. The number of hydrogen-bond acceptors (Lipinski definition) is 4. The fourth-order valence-electron chi connectivity index (χ4n) is 2.89. The van der Waals surface area contributed by atoms with Crippen LogP contribution in [0.25, 0.3) is 0 Å². The summed E-state index contributed by atoms with van der Waals surface area (Å²) in [5.41, 5.74) is -6.44. The molecular weight excluding hydrogens is 399 g/mol. The van der Waals surface area contributed by atoms with Gasteiger partial charge in [0.15, 0.2) is 0 Å². The minimum absolute atomic E-state index is 0.191. The van der Waals surface area contributed by atoms with Crippen LogP contribution in [0.1, 0.15) is 22.3 Å². The normalized spacial score (nSPS) is 19.0. The monoisotopic (exact) mass is 407 g/mol. The number of hydrogen-bond donors (Lipinski definition) is 2. The highest BCUT2D eigenvalue weighted by Crippen LogP contribution is 2.62. The molecule has 0 amide bonds. The second kappa shape index (κ2) is 5.83. The van der Waals surface area contributed by atoms with Crippen LogP contribution in [0.2, 0.25) is 0 Å². The lowest BCUT2D eigenvalue weighted by Gasteiger charge is -2.28. The molecule has 3 rings (SSSR count). The van der Waals surface area contributed by atoms with Gasteiger partial charge in [0.05, 0.1) is 5.56 Å². The summed E-state index contributed by atoms with van der Waals surface area (Å²) in [6.07, 6.45) is -5.57. The molecule has 0 saturated carbocycles. The minimum atomic E-state index is -5.63. The van der Waals surface area contributed by atoms with Gasteiger partial charge in [0.2, 0.25) is 0 Å². The molecule has 0 aromatic heterocycles. The summed E-state index contributed by atoms with van der Waals surface area (Å²) in [6, 6.07) is 7.09. The molecule has 2 aromatic rings. The van der Waals surface area contributed by atoms with Gasteiger partial charge in [-0.25, -0.2) is 0 Å². The van der Waals surface area contributed by atoms with E-state index in [2.05, 4.69) is 0 Å². The van der Waals surface area contributed by atoms with Crippen molar-refractivity contribution in [2.45, 2.75) is 23.8 Å². The SMILES string of the molecule is N#Cc1ccccc1Oc1ccc2c(c1C(F)(F)F)C(O)(O)C(F)(F)C2(F)F. The summed E-state index contributed by atoms with van der Waals surface area (Å²) < 4.78 is 101. The van der Waals surface area contributed by atoms with Crippen LogP contribution in [0.3, 0.4) is 0 Å². The van der Waals surface area contributed by atoms with Gasteiger partial charge < -0.3 is 14.9 Å². The smallest absolute Gasteiger partial charge is 0.420 e. The molecule has 11 heteroatoms. The quantitative estimate of drug-likeness (QED) is 0.577. The Morgan fingerprint density at radius 3 is 2.11 bits per heavy atom. The minimum Gasteiger partial charge on any atom is -0.455 e. The van der Waals surface area contributed by atoms with E-state index in [-0.39, 0.29) is 11.6 Å². The second-order valence-corrected chi connectivity index (χ2v) is 5.89. The zero-order valence-corrected chi connectivity index (χ0v) is 13.4. The zero-order chi connectivity index (χ0) is 21.1. The van der Waals surface area contributed by atoms with E-state index in [0.717, 1.165) is 6.07 Å². The third-order valence-corrected chi connectivity index (χ3v) is 4.20. The van der Waals surface area contributed by atoms with Crippen LogP contribution in [-0.4, -0.2) is 16.1 Å². The van der Waals surface area contributed by atoms with E-state index in [1.165, 1.54) is 18.2 Å². The van der Waals surface area contributed by atoms with E-state index in [1.54, 1.807) is 6.07 Å². The van der Waals surface area contributed by atoms with E-state index >= 15 is 0 Å². The van der Waals surface area contributed by atoms with Crippen molar-refractivity contribution in [2.24, 2.45) is 0 Å². The largest absolute Gasteiger partial charge is 0.455 e. The molecule has 0 spiro atoms. The highest BCUT2D eigenvalue weighted by atomic mass is 19.4. The predicted octanol–water partition coefficient (Wildman–Crippen LogP) is 4.25. The Morgan fingerprint density at radius 2 is 1.54 bits per heavy atom. The summed E-state index contributed by atoms with van der Waals surface area (Å²) >= 11 is 0. The van der Waals surface area contributed by atoms with Crippen molar-refractivity contribution in [1.29, 1.82) is 5.26 Å². The van der Waals surface area contributed by atoms with Crippen LogP contribution in [0.15, 0.2) is 36.4 Å². The number of alkyl halides is 7. The van der Waals surface area contributed by atoms with Gasteiger partial charge in [-0.3, -0.25) is 0 Å². The Labute approximate surface area is 152 Å². The first-order valence-corrected chi connectivity index (χ1v) is 7.39. The number of aliphatic hydroxyl groups is 2. The van der Waals surface area contributed by atoms with E-state index < -0.39 is 52.0 Å². The summed E-state index contributed by atoms with van der Waals surface area (Å²) in [5.74, 6) is -17.4. The number of para-hydroxylation sites is 1. The first-order valence-electron chi connectivity index (χ1n) is 7.39. The number of nitriles is 1. The van der Waals surface area contributed by atoms with Crippen LogP contribution in [-0.2, 0) is 17.9 Å².